The van der Waals surface area contributed by atoms with Gasteiger partial charge in [-0.25, -0.2) is 0 Å². The molecular weight excluding hydrogens is 142 g/mol. The summed E-state index contributed by atoms with van der Waals surface area (Å²) in [5.41, 5.74) is -0.644. The summed E-state index contributed by atoms with van der Waals surface area (Å²) in [6.07, 6.45) is 1.04. The van der Waals surface area contributed by atoms with Crippen LogP contribution in [0.4, 0.5) is 0 Å². The van der Waals surface area contributed by atoms with E-state index in [0.717, 1.165) is 13.0 Å². The first-order valence-corrected chi connectivity index (χ1v) is 3.95. The Morgan fingerprint density at radius 2 is 2.09 bits per heavy atom. The van der Waals surface area contributed by atoms with Gasteiger partial charge >= 0.3 is 5.97 Å². The molecule has 0 aliphatic rings. The standard InChI is InChI=1S/C8H17NO2/c1-4-5-9-6-8(2,3)7(10)11/h9H,4-6H2,1-3H3,(H,10,11). The molecule has 0 spiro atoms. The Balaban J connectivity index is 3.64. The van der Waals surface area contributed by atoms with Crippen LogP contribution in [-0.4, -0.2) is 24.2 Å². The van der Waals surface area contributed by atoms with Gasteiger partial charge in [0, 0.05) is 6.54 Å². The highest BCUT2D eigenvalue weighted by atomic mass is 16.4. The number of carbonyl (C=O) groups is 1. The van der Waals surface area contributed by atoms with Crippen LogP contribution in [0.1, 0.15) is 27.2 Å². The predicted octanol–water partition coefficient (Wildman–Crippen LogP) is 1.10. The van der Waals surface area contributed by atoms with Gasteiger partial charge in [0.05, 0.1) is 5.41 Å². The van der Waals surface area contributed by atoms with Gasteiger partial charge in [-0.1, -0.05) is 6.92 Å². The quantitative estimate of drug-likeness (QED) is 0.590. The lowest BCUT2D eigenvalue weighted by molar-refractivity contribution is -0.146. The maximum absolute atomic E-state index is 10.6. The molecule has 0 heterocycles. The number of hydrogen-bond acceptors (Lipinski definition) is 2. The summed E-state index contributed by atoms with van der Waals surface area (Å²) in [6.45, 7) is 6.92. The second kappa shape index (κ2) is 4.34. The fourth-order valence-electron chi connectivity index (χ4n) is 0.653. The molecule has 0 aromatic rings. The number of rotatable bonds is 5. The third kappa shape index (κ3) is 3.98. The van der Waals surface area contributed by atoms with Gasteiger partial charge in [0.2, 0.25) is 0 Å². The van der Waals surface area contributed by atoms with Crippen LogP contribution in [-0.2, 0) is 4.79 Å². The summed E-state index contributed by atoms with van der Waals surface area (Å²) in [6, 6.07) is 0. The molecule has 0 radical (unpaired) electrons. The van der Waals surface area contributed by atoms with Crippen molar-refractivity contribution in [2.24, 2.45) is 5.41 Å². The minimum atomic E-state index is -0.749. The topological polar surface area (TPSA) is 49.3 Å². The average Bonchev–Trinajstić information content (AvgIpc) is 1.88. The first-order chi connectivity index (χ1) is 5.00. The second-order valence-electron chi connectivity index (χ2n) is 3.37. The zero-order valence-corrected chi connectivity index (χ0v) is 7.48. The van der Waals surface area contributed by atoms with Crippen LogP contribution < -0.4 is 5.32 Å². The van der Waals surface area contributed by atoms with Gasteiger partial charge in [0.1, 0.15) is 0 Å². The molecule has 3 heteroatoms. The van der Waals surface area contributed by atoms with Gasteiger partial charge in [-0.2, -0.15) is 0 Å². The third-order valence-electron chi connectivity index (χ3n) is 1.57. The van der Waals surface area contributed by atoms with Crippen LogP contribution in [0.25, 0.3) is 0 Å². The van der Waals surface area contributed by atoms with Gasteiger partial charge in [0.25, 0.3) is 0 Å². The molecule has 0 atom stereocenters. The molecule has 0 aliphatic heterocycles. The van der Waals surface area contributed by atoms with Crippen LogP contribution in [0.15, 0.2) is 0 Å². The van der Waals surface area contributed by atoms with E-state index in [2.05, 4.69) is 12.2 Å². The van der Waals surface area contributed by atoms with E-state index in [1.54, 1.807) is 13.8 Å². The largest absolute Gasteiger partial charge is 0.481 e. The molecule has 0 fully saturated rings. The third-order valence-corrected chi connectivity index (χ3v) is 1.57. The Hall–Kier alpha value is -0.570. The van der Waals surface area contributed by atoms with Crippen molar-refractivity contribution in [1.82, 2.24) is 5.32 Å². The number of hydrogen-bond donors (Lipinski definition) is 2. The van der Waals surface area contributed by atoms with E-state index < -0.39 is 11.4 Å². The number of carboxylic acids is 1. The maximum atomic E-state index is 10.6. The smallest absolute Gasteiger partial charge is 0.310 e. The summed E-state index contributed by atoms with van der Waals surface area (Å²) in [7, 11) is 0. The van der Waals surface area contributed by atoms with Crippen LogP contribution in [0, 0.1) is 5.41 Å². The molecule has 0 unspecified atom stereocenters. The van der Waals surface area contributed by atoms with E-state index in [9.17, 15) is 4.79 Å². The lowest BCUT2D eigenvalue weighted by Gasteiger charge is -2.18. The van der Waals surface area contributed by atoms with Crippen molar-refractivity contribution in [1.29, 1.82) is 0 Å². The van der Waals surface area contributed by atoms with Gasteiger partial charge in [-0.05, 0) is 26.8 Å². The number of aliphatic carboxylic acids is 1. The van der Waals surface area contributed by atoms with Gasteiger partial charge in [-0.3, -0.25) is 4.79 Å². The normalized spacial score (nSPS) is 11.5. The molecule has 0 rings (SSSR count). The fraction of sp³-hybridized carbons (Fsp3) is 0.875. The molecule has 3 nitrogen and oxygen atoms in total. The molecule has 0 aromatic carbocycles. The molecule has 2 N–H and O–H groups in total. The van der Waals surface area contributed by atoms with Crippen LogP contribution in [0.5, 0.6) is 0 Å². The second-order valence-corrected chi connectivity index (χ2v) is 3.37. The van der Waals surface area contributed by atoms with Crippen LogP contribution >= 0.6 is 0 Å². The van der Waals surface area contributed by atoms with E-state index in [-0.39, 0.29) is 0 Å². The Morgan fingerprint density at radius 1 is 1.55 bits per heavy atom. The SMILES string of the molecule is CCCNCC(C)(C)C(=O)O. The Morgan fingerprint density at radius 3 is 2.45 bits per heavy atom. The molecule has 0 aromatic heterocycles. The van der Waals surface area contributed by atoms with E-state index in [1.165, 1.54) is 0 Å². The lowest BCUT2D eigenvalue weighted by atomic mass is 9.94. The minimum absolute atomic E-state index is 0.538. The van der Waals surface area contributed by atoms with Crippen LogP contribution in [0.3, 0.4) is 0 Å². The lowest BCUT2D eigenvalue weighted by Crippen LogP contribution is -2.36. The number of carboxylic acid groups (broad SMARTS) is 1. The zero-order chi connectivity index (χ0) is 8.91. The highest BCUT2D eigenvalue weighted by Gasteiger charge is 2.25. The molecular formula is C8H17NO2. The van der Waals surface area contributed by atoms with Crippen LogP contribution in [0.2, 0.25) is 0 Å². The predicted molar refractivity (Wildman–Crippen MR) is 44.6 cm³/mol. The minimum Gasteiger partial charge on any atom is -0.481 e. The summed E-state index contributed by atoms with van der Waals surface area (Å²) >= 11 is 0. The van der Waals surface area contributed by atoms with E-state index in [0.29, 0.717) is 6.54 Å². The van der Waals surface area contributed by atoms with Crippen molar-refractivity contribution < 1.29 is 9.90 Å². The van der Waals surface area contributed by atoms with Crippen molar-refractivity contribution in [2.45, 2.75) is 27.2 Å². The summed E-state index contributed by atoms with van der Waals surface area (Å²) in [4.78, 5) is 10.6. The summed E-state index contributed by atoms with van der Waals surface area (Å²) in [5.74, 6) is -0.749. The number of nitrogens with one attached hydrogen (secondary N) is 1. The van der Waals surface area contributed by atoms with Crippen molar-refractivity contribution >= 4 is 5.97 Å². The van der Waals surface area contributed by atoms with Crippen molar-refractivity contribution in [3.05, 3.63) is 0 Å². The molecule has 0 saturated heterocycles. The zero-order valence-electron chi connectivity index (χ0n) is 7.48. The highest BCUT2D eigenvalue weighted by Crippen LogP contribution is 2.12. The highest BCUT2D eigenvalue weighted by molar-refractivity contribution is 5.73. The Bertz CT molecular complexity index is 132. The van der Waals surface area contributed by atoms with Gasteiger partial charge in [-0.15, -0.1) is 0 Å². The summed E-state index contributed by atoms with van der Waals surface area (Å²) in [5, 5.41) is 11.8. The molecule has 11 heavy (non-hydrogen) atoms. The van der Waals surface area contributed by atoms with Crippen molar-refractivity contribution in [2.75, 3.05) is 13.1 Å². The maximum Gasteiger partial charge on any atom is 0.310 e. The van der Waals surface area contributed by atoms with Crippen molar-refractivity contribution in [3.63, 3.8) is 0 Å². The molecule has 0 amide bonds. The van der Waals surface area contributed by atoms with Gasteiger partial charge in [0.15, 0.2) is 0 Å². The first-order valence-electron chi connectivity index (χ1n) is 3.95. The van der Waals surface area contributed by atoms with E-state index >= 15 is 0 Å². The monoisotopic (exact) mass is 159 g/mol. The van der Waals surface area contributed by atoms with Gasteiger partial charge < -0.3 is 10.4 Å². The molecule has 0 bridgehead atoms. The molecule has 0 aliphatic carbocycles. The van der Waals surface area contributed by atoms with E-state index in [1.807, 2.05) is 0 Å². The van der Waals surface area contributed by atoms with E-state index in [4.69, 9.17) is 5.11 Å². The summed E-state index contributed by atoms with van der Waals surface area (Å²) < 4.78 is 0. The van der Waals surface area contributed by atoms with Crippen molar-refractivity contribution in [3.8, 4) is 0 Å². The molecule has 0 saturated carbocycles. The average molecular weight is 159 g/mol. The Labute approximate surface area is 67.8 Å². The fourth-order valence-corrected chi connectivity index (χ4v) is 0.653. The Kier molecular flexibility index (Phi) is 4.11. The molecule has 66 valence electrons. The first kappa shape index (κ1) is 10.4.